The summed E-state index contributed by atoms with van der Waals surface area (Å²) in [4.78, 5) is 55.8. The van der Waals surface area contributed by atoms with Crippen LogP contribution in [0.3, 0.4) is 0 Å². The number of benzene rings is 2. The predicted molar refractivity (Wildman–Crippen MR) is 142 cm³/mol. The minimum atomic E-state index is -0.220. The number of fused-ring (bicyclic) bond motifs is 2. The molecule has 0 atom stereocenters. The zero-order valence-electron chi connectivity index (χ0n) is 20.3. The first-order chi connectivity index (χ1) is 17.9. The smallest absolute Gasteiger partial charge is 0.253 e. The zero-order chi connectivity index (χ0) is 25.6. The number of carbonyl (C=O) groups is 4. The van der Waals surface area contributed by atoms with Gasteiger partial charge in [0.15, 0.2) is 11.6 Å². The van der Waals surface area contributed by atoms with E-state index in [2.05, 4.69) is 0 Å². The molecule has 0 N–H and O–H groups in total. The van der Waals surface area contributed by atoms with Gasteiger partial charge in [0, 0.05) is 60.1 Å². The van der Waals surface area contributed by atoms with Crippen LogP contribution < -0.4 is 0 Å². The molecule has 2 saturated heterocycles. The molecule has 2 amide bonds. The Morgan fingerprint density at radius 3 is 2.14 bits per heavy atom. The highest BCUT2D eigenvalue weighted by molar-refractivity contribution is 7.08. The Morgan fingerprint density at radius 2 is 1.46 bits per heavy atom. The van der Waals surface area contributed by atoms with Crippen LogP contribution in [0.25, 0.3) is 6.08 Å². The fraction of sp³-hybridized carbons (Fsp3) is 0.267. The summed E-state index contributed by atoms with van der Waals surface area (Å²) in [6.45, 7) is 2.66. The number of likely N-dealkylation sites (tertiary alicyclic amines) is 2. The lowest BCUT2D eigenvalue weighted by Crippen LogP contribution is -2.44. The largest absolute Gasteiger partial charge is 0.339 e. The highest BCUT2D eigenvalue weighted by atomic mass is 32.1. The van der Waals surface area contributed by atoms with E-state index in [9.17, 15) is 19.2 Å². The highest BCUT2D eigenvalue weighted by Crippen LogP contribution is 2.41. The standard InChI is InChI=1S/C30H26N2O4S/c33-26(8-5-20-9-16-37-18-20)31-13-10-30(11-14-31)12-15-32(19-30)29(36)21-6-7-24-25(17-21)28(35)23-4-2-1-3-22(23)27(24)34/h1-9,16-18H,10-15,19H2. The average molecular weight is 511 g/mol. The van der Waals surface area contributed by atoms with Gasteiger partial charge in [-0.25, -0.2) is 0 Å². The van der Waals surface area contributed by atoms with Crippen LogP contribution in [0.5, 0.6) is 0 Å². The van der Waals surface area contributed by atoms with Crippen molar-refractivity contribution >= 4 is 40.8 Å². The first-order valence-corrected chi connectivity index (χ1v) is 13.5. The summed E-state index contributed by atoms with van der Waals surface area (Å²) in [5.74, 6) is -0.489. The number of thiophene rings is 1. The number of nitrogens with zero attached hydrogens (tertiary/aromatic N) is 2. The third kappa shape index (κ3) is 4.23. The summed E-state index contributed by atoms with van der Waals surface area (Å²) in [6.07, 6.45) is 6.13. The molecule has 7 heteroatoms. The molecule has 1 aliphatic carbocycles. The average Bonchev–Trinajstić information content (AvgIpc) is 3.61. The van der Waals surface area contributed by atoms with Gasteiger partial charge in [-0.15, -0.1) is 0 Å². The normalized spacial score (nSPS) is 18.4. The van der Waals surface area contributed by atoms with E-state index < -0.39 is 0 Å². The van der Waals surface area contributed by atoms with Crippen LogP contribution in [0, 0.1) is 5.41 Å². The fourth-order valence-electron chi connectivity index (χ4n) is 5.78. The van der Waals surface area contributed by atoms with Gasteiger partial charge in [0.25, 0.3) is 5.91 Å². The van der Waals surface area contributed by atoms with Crippen molar-refractivity contribution in [3.63, 3.8) is 0 Å². The lowest BCUT2D eigenvalue weighted by atomic mass is 9.77. The van der Waals surface area contributed by atoms with Gasteiger partial charge in [-0.3, -0.25) is 19.2 Å². The lowest BCUT2D eigenvalue weighted by molar-refractivity contribution is -0.128. The topological polar surface area (TPSA) is 74.8 Å². The van der Waals surface area contributed by atoms with Crippen molar-refractivity contribution in [2.45, 2.75) is 19.3 Å². The number of carbonyl (C=O) groups excluding carboxylic acids is 4. The maximum absolute atomic E-state index is 13.4. The van der Waals surface area contributed by atoms with Gasteiger partial charge in [0.2, 0.25) is 5.91 Å². The van der Waals surface area contributed by atoms with E-state index in [1.807, 2.05) is 32.7 Å². The van der Waals surface area contributed by atoms with Crippen LogP contribution in [0.4, 0.5) is 0 Å². The van der Waals surface area contributed by atoms with Crippen molar-refractivity contribution in [1.29, 1.82) is 0 Å². The Bertz CT molecular complexity index is 1450. The van der Waals surface area contributed by atoms with Crippen LogP contribution in [-0.2, 0) is 4.79 Å². The van der Waals surface area contributed by atoms with Gasteiger partial charge in [-0.2, -0.15) is 11.3 Å². The molecular weight excluding hydrogens is 484 g/mol. The molecule has 3 heterocycles. The molecule has 3 aliphatic rings. The minimum Gasteiger partial charge on any atom is -0.339 e. The summed E-state index contributed by atoms with van der Waals surface area (Å²) in [5, 5.41) is 4.00. The van der Waals surface area contributed by atoms with E-state index >= 15 is 0 Å². The molecule has 2 aliphatic heterocycles. The third-order valence-electron chi connectivity index (χ3n) is 7.99. The first kappa shape index (κ1) is 23.6. The van der Waals surface area contributed by atoms with Gasteiger partial charge < -0.3 is 9.80 Å². The molecule has 0 radical (unpaired) electrons. The molecule has 2 fully saturated rings. The van der Waals surface area contributed by atoms with Crippen LogP contribution in [0.1, 0.15) is 67.0 Å². The summed E-state index contributed by atoms with van der Waals surface area (Å²) in [6, 6.07) is 13.7. The van der Waals surface area contributed by atoms with Crippen molar-refractivity contribution in [2.75, 3.05) is 26.2 Å². The molecule has 6 nitrogen and oxygen atoms in total. The third-order valence-corrected chi connectivity index (χ3v) is 8.70. The first-order valence-electron chi connectivity index (χ1n) is 12.6. The SMILES string of the molecule is O=C1c2ccccc2C(=O)c2cc(C(=O)N3CCC4(CCN(C(=O)C=Cc5ccsc5)CC4)C3)ccc21. The van der Waals surface area contributed by atoms with E-state index in [0.717, 1.165) is 24.8 Å². The summed E-state index contributed by atoms with van der Waals surface area (Å²) in [7, 11) is 0. The van der Waals surface area contributed by atoms with Crippen molar-refractivity contribution in [1.82, 2.24) is 9.80 Å². The van der Waals surface area contributed by atoms with Crippen molar-refractivity contribution in [2.24, 2.45) is 5.41 Å². The van der Waals surface area contributed by atoms with Crippen LogP contribution in [0.15, 0.2) is 65.4 Å². The Balaban J connectivity index is 1.12. The summed E-state index contributed by atoms with van der Waals surface area (Å²) < 4.78 is 0. The van der Waals surface area contributed by atoms with Crippen LogP contribution in [0.2, 0.25) is 0 Å². The van der Waals surface area contributed by atoms with Gasteiger partial charge in [-0.05, 0) is 71.3 Å². The number of piperidine rings is 1. The number of hydrogen-bond donors (Lipinski definition) is 0. The van der Waals surface area contributed by atoms with E-state index in [-0.39, 0.29) is 28.8 Å². The number of ketones is 2. The Hall–Kier alpha value is -3.84. The molecule has 6 rings (SSSR count). The molecule has 0 saturated carbocycles. The Labute approximate surface area is 219 Å². The monoisotopic (exact) mass is 510 g/mol. The molecule has 3 aromatic rings. The quantitative estimate of drug-likeness (QED) is 0.375. The van der Waals surface area contributed by atoms with Crippen molar-refractivity contribution in [3.05, 3.63) is 98.7 Å². The van der Waals surface area contributed by atoms with Crippen molar-refractivity contribution < 1.29 is 19.2 Å². The number of rotatable bonds is 3. The van der Waals surface area contributed by atoms with Gasteiger partial charge >= 0.3 is 0 Å². The Kier molecular flexibility index (Phi) is 5.88. The summed E-state index contributed by atoms with van der Waals surface area (Å²) >= 11 is 1.60. The van der Waals surface area contributed by atoms with E-state index in [1.54, 1.807) is 59.9 Å². The minimum absolute atomic E-state index is 0.0163. The fourth-order valence-corrected chi connectivity index (χ4v) is 6.40. The number of hydrogen-bond acceptors (Lipinski definition) is 5. The Morgan fingerprint density at radius 1 is 0.811 bits per heavy atom. The van der Waals surface area contributed by atoms with E-state index in [0.29, 0.717) is 54.0 Å². The van der Waals surface area contributed by atoms with Gasteiger partial charge in [0.1, 0.15) is 0 Å². The number of amides is 2. The van der Waals surface area contributed by atoms with Gasteiger partial charge in [0.05, 0.1) is 0 Å². The second kappa shape index (κ2) is 9.23. The maximum Gasteiger partial charge on any atom is 0.253 e. The van der Waals surface area contributed by atoms with Crippen molar-refractivity contribution in [3.8, 4) is 0 Å². The molecule has 1 aromatic heterocycles. The second-order valence-electron chi connectivity index (χ2n) is 10.2. The zero-order valence-corrected chi connectivity index (χ0v) is 21.1. The maximum atomic E-state index is 13.4. The molecule has 0 unspecified atom stereocenters. The van der Waals surface area contributed by atoms with Gasteiger partial charge in [-0.1, -0.05) is 24.3 Å². The lowest BCUT2D eigenvalue weighted by Gasteiger charge is -2.39. The van der Waals surface area contributed by atoms with E-state index in [1.165, 1.54) is 0 Å². The molecule has 2 aromatic carbocycles. The molecule has 186 valence electrons. The molecule has 0 bridgehead atoms. The van der Waals surface area contributed by atoms with Crippen LogP contribution >= 0.6 is 11.3 Å². The summed E-state index contributed by atoms with van der Waals surface area (Å²) in [5.41, 5.74) is 2.93. The second-order valence-corrected chi connectivity index (χ2v) is 10.9. The molecule has 37 heavy (non-hydrogen) atoms. The molecular formula is C30H26N2O4S. The van der Waals surface area contributed by atoms with E-state index in [4.69, 9.17) is 0 Å². The van der Waals surface area contributed by atoms with Crippen LogP contribution in [-0.4, -0.2) is 59.4 Å². The highest BCUT2D eigenvalue weighted by Gasteiger charge is 2.43. The predicted octanol–water partition coefficient (Wildman–Crippen LogP) is 4.69. The molecule has 1 spiro atoms.